The van der Waals surface area contributed by atoms with E-state index >= 15 is 0 Å². The predicted molar refractivity (Wildman–Crippen MR) is 60.4 cm³/mol. The summed E-state index contributed by atoms with van der Waals surface area (Å²) < 4.78 is 6.56. The molecule has 2 nitrogen and oxygen atoms in total. The molecule has 0 saturated carbocycles. The van der Waals surface area contributed by atoms with Crippen molar-refractivity contribution in [2.75, 3.05) is 13.1 Å². The zero-order valence-corrected chi connectivity index (χ0v) is 10.0. The maximum atomic E-state index is 5.51. The summed E-state index contributed by atoms with van der Waals surface area (Å²) in [5.41, 5.74) is 0. The van der Waals surface area contributed by atoms with Crippen LogP contribution >= 0.6 is 15.9 Å². The first-order valence-corrected chi connectivity index (χ1v) is 6.01. The van der Waals surface area contributed by atoms with Crippen molar-refractivity contribution in [1.29, 1.82) is 0 Å². The van der Waals surface area contributed by atoms with E-state index in [0.717, 1.165) is 29.2 Å². The van der Waals surface area contributed by atoms with E-state index in [0.29, 0.717) is 5.92 Å². The van der Waals surface area contributed by atoms with Crippen molar-refractivity contribution in [3.8, 4) is 0 Å². The lowest BCUT2D eigenvalue weighted by atomic mass is 9.85. The van der Waals surface area contributed by atoms with Gasteiger partial charge in [-0.1, -0.05) is 6.92 Å². The predicted octanol–water partition coefficient (Wildman–Crippen LogP) is 3.15. The molecule has 0 aliphatic carbocycles. The molecule has 1 aliphatic rings. The van der Waals surface area contributed by atoms with Gasteiger partial charge in [0.05, 0.1) is 4.47 Å². The second kappa shape index (κ2) is 4.49. The summed E-state index contributed by atoms with van der Waals surface area (Å²) in [6.07, 6.45) is 4.30. The second-order valence-electron chi connectivity index (χ2n) is 4.04. The molecule has 1 fully saturated rings. The third-order valence-corrected chi connectivity index (χ3v) is 3.54. The molecule has 0 aromatic carbocycles. The van der Waals surface area contributed by atoms with Gasteiger partial charge in [-0.25, -0.2) is 0 Å². The third kappa shape index (κ3) is 2.20. The Morgan fingerprint density at radius 2 is 2.21 bits per heavy atom. The Labute approximate surface area is 93.2 Å². The number of hydrogen-bond donors (Lipinski definition) is 1. The highest BCUT2D eigenvalue weighted by Crippen LogP contribution is 2.32. The Kier molecular flexibility index (Phi) is 3.29. The van der Waals surface area contributed by atoms with Crippen molar-refractivity contribution < 1.29 is 4.42 Å². The SMILES string of the molecule is CC(c1cc(Br)co1)C1CCNCC1. The minimum absolute atomic E-state index is 0.545. The number of hydrogen-bond acceptors (Lipinski definition) is 2. The summed E-state index contributed by atoms with van der Waals surface area (Å²) in [6.45, 7) is 4.56. The maximum Gasteiger partial charge on any atom is 0.108 e. The van der Waals surface area contributed by atoms with Crippen molar-refractivity contribution in [1.82, 2.24) is 5.32 Å². The summed E-state index contributed by atoms with van der Waals surface area (Å²) in [7, 11) is 0. The molecule has 1 aliphatic heterocycles. The standard InChI is InChI=1S/C11H16BrNO/c1-8(9-2-4-13-5-3-9)11-6-10(12)7-14-11/h6-9,13H,2-5H2,1H3. The molecule has 1 unspecified atom stereocenters. The summed E-state index contributed by atoms with van der Waals surface area (Å²) in [6, 6.07) is 2.09. The van der Waals surface area contributed by atoms with Crippen molar-refractivity contribution in [3.05, 3.63) is 22.6 Å². The largest absolute Gasteiger partial charge is 0.468 e. The fourth-order valence-corrected chi connectivity index (χ4v) is 2.46. The highest BCUT2D eigenvalue weighted by molar-refractivity contribution is 9.10. The van der Waals surface area contributed by atoms with Crippen LogP contribution in [0.1, 0.15) is 31.4 Å². The van der Waals surface area contributed by atoms with Crippen LogP contribution in [0.2, 0.25) is 0 Å². The van der Waals surface area contributed by atoms with Crippen molar-refractivity contribution in [3.63, 3.8) is 0 Å². The highest BCUT2D eigenvalue weighted by Gasteiger charge is 2.23. The number of nitrogens with one attached hydrogen (secondary N) is 1. The van der Waals surface area contributed by atoms with Gasteiger partial charge in [-0.05, 0) is 53.8 Å². The fraction of sp³-hybridized carbons (Fsp3) is 0.636. The fourth-order valence-electron chi connectivity index (χ4n) is 2.14. The molecule has 14 heavy (non-hydrogen) atoms. The molecule has 0 bridgehead atoms. The van der Waals surface area contributed by atoms with Crippen LogP contribution in [0, 0.1) is 5.92 Å². The molecular formula is C11H16BrNO. The Bertz CT molecular complexity index is 291. The first-order chi connectivity index (χ1) is 6.77. The Balaban J connectivity index is 2.03. The number of halogens is 1. The number of furan rings is 1. The summed E-state index contributed by atoms with van der Waals surface area (Å²) in [5.74, 6) is 2.43. The first-order valence-electron chi connectivity index (χ1n) is 5.22. The van der Waals surface area contributed by atoms with E-state index in [1.54, 1.807) is 6.26 Å². The lowest BCUT2D eigenvalue weighted by Gasteiger charge is -2.26. The molecule has 0 spiro atoms. The van der Waals surface area contributed by atoms with E-state index in [2.05, 4.69) is 34.2 Å². The number of rotatable bonds is 2. The van der Waals surface area contributed by atoms with Crippen LogP contribution in [0.15, 0.2) is 21.2 Å². The zero-order chi connectivity index (χ0) is 9.97. The maximum absolute atomic E-state index is 5.51. The Morgan fingerprint density at radius 1 is 1.50 bits per heavy atom. The monoisotopic (exact) mass is 257 g/mol. The van der Waals surface area contributed by atoms with Crippen LogP contribution in [0.4, 0.5) is 0 Å². The highest BCUT2D eigenvalue weighted by atomic mass is 79.9. The summed E-state index contributed by atoms with van der Waals surface area (Å²) >= 11 is 3.42. The molecule has 0 amide bonds. The average molecular weight is 258 g/mol. The van der Waals surface area contributed by atoms with E-state index in [1.807, 2.05) is 0 Å². The first kappa shape index (κ1) is 10.2. The lowest BCUT2D eigenvalue weighted by Crippen LogP contribution is -2.30. The molecule has 0 radical (unpaired) electrons. The van der Waals surface area contributed by atoms with Crippen LogP contribution in [0.25, 0.3) is 0 Å². The van der Waals surface area contributed by atoms with Gasteiger partial charge in [0.2, 0.25) is 0 Å². The third-order valence-electron chi connectivity index (χ3n) is 3.13. The zero-order valence-electron chi connectivity index (χ0n) is 8.42. The van der Waals surface area contributed by atoms with E-state index in [4.69, 9.17) is 4.42 Å². The topological polar surface area (TPSA) is 25.2 Å². The quantitative estimate of drug-likeness (QED) is 0.881. The van der Waals surface area contributed by atoms with Gasteiger partial charge in [-0.15, -0.1) is 0 Å². The summed E-state index contributed by atoms with van der Waals surface area (Å²) in [4.78, 5) is 0. The average Bonchev–Trinajstić information content (AvgIpc) is 2.65. The smallest absolute Gasteiger partial charge is 0.108 e. The molecule has 2 heterocycles. The van der Waals surface area contributed by atoms with Crippen LogP contribution in [0.5, 0.6) is 0 Å². The normalized spacial score (nSPS) is 21.0. The van der Waals surface area contributed by atoms with Gasteiger partial charge in [0.25, 0.3) is 0 Å². The minimum Gasteiger partial charge on any atom is -0.468 e. The van der Waals surface area contributed by atoms with Crippen molar-refractivity contribution in [2.45, 2.75) is 25.7 Å². The molecule has 1 atom stereocenters. The van der Waals surface area contributed by atoms with Gasteiger partial charge in [-0.2, -0.15) is 0 Å². The van der Waals surface area contributed by atoms with Crippen LogP contribution < -0.4 is 5.32 Å². The van der Waals surface area contributed by atoms with Gasteiger partial charge in [-0.3, -0.25) is 0 Å². The second-order valence-corrected chi connectivity index (χ2v) is 4.96. The number of piperidine rings is 1. The lowest BCUT2D eigenvalue weighted by molar-refractivity contribution is 0.300. The van der Waals surface area contributed by atoms with Gasteiger partial charge in [0, 0.05) is 5.92 Å². The van der Waals surface area contributed by atoms with Crippen LogP contribution in [0.3, 0.4) is 0 Å². The van der Waals surface area contributed by atoms with Gasteiger partial charge in [0.15, 0.2) is 0 Å². The molecule has 1 saturated heterocycles. The van der Waals surface area contributed by atoms with Crippen LogP contribution in [-0.4, -0.2) is 13.1 Å². The molecule has 78 valence electrons. The van der Waals surface area contributed by atoms with Gasteiger partial charge >= 0.3 is 0 Å². The van der Waals surface area contributed by atoms with E-state index in [-0.39, 0.29) is 0 Å². The minimum atomic E-state index is 0.545. The van der Waals surface area contributed by atoms with E-state index < -0.39 is 0 Å². The molecule has 1 N–H and O–H groups in total. The molecule has 3 heteroatoms. The van der Waals surface area contributed by atoms with Crippen LogP contribution in [-0.2, 0) is 0 Å². The Morgan fingerprint density at radius 3 is 2.79 bits per heavy atom. The molecular weight excluding hydrogens is 242 g/mol. The Hall–Kier alpha value is -0.280. The van der Waals surface area contributed by atoms with E-state index in [9.17, 15) is 0 Å². The van der Waals surface area contributed by atoms with Gasteiger partial charge in [0.1, 0.15) is 12.0 Å². The van der Waals surface area contributed by atoms with Gasteiger partial charge < -0.3 is 9.73 Å². The molecule has 1 aromatic heterocycles. The molecule has 1 aromatic rings. The summed E-state index contributed by atoms with van der Waals surface area (Å²) in [5, 5.41) is 3.39. The molecule has 2 rings (SSSR count). The van der Waals surface area contributed by atoms with E-state index in [1.165, 1.54) is 12.8 Å². The van der Waals surface area contributed by atoms with Crippen molar-refractivity contribution in [2.24, 2.45) is 5.92 Å². The van der Waals surface area contributed by atoms with Crippen molar-refractivity contribution >= 4 is 15.9 Å².